The van der Waals surface area contributed by atoms with Gasteiger partial charge in [-0.2, -0.15) is 0 Å². The van der Waals surface area contributed by atoms with Crippen molar-refractivity contribution >= 4 is 5.78 Å². The minimum Gasteiger partial charge on any atom is -0.490 e. The molecule has 0 aliphatic carbocycles. The second kappa shape index (κ2) is 4.08. The molecule has 1 aromatic carbocycles. The number of hydrogen-bond acceptors (Lipinski definition) is 2. The van der Waals surface area contributed by atoms with Crippen LogP contribution in [-0.2, 0) is 15.1 Å². The minimum absolute atomic E-state index is 0.0114. The zero-order valence-electron chi connectivity index (χ0n) is 9.07. The van der Waals surface area contributed by atoms with Gasteiger partial charge in [0.05, 0.1) is 12.7 Å². The van der Waals surface area contributed by atoms with Gasteiger partial charge in [-0.15, -0.1) is 0 Å². The Morgan fingerprint density at radius 3 is 2.94 bits per heavy atom. The fraction of sp³-hybridized carbons (Fsp3) is 0.308. The first kappa shape index (κ1) is 10.9. The van der Waals surface area contributed by atoms with E-state index in [1.54, 1.807) is 12.1 Å². The Bertz CT molecular complexity index is 439. The van der Waals surface area contributed by atoms with E-state index in [0.717, 1.165) is 0 Å². The van der Waals surface area contributed by atoms with Crippen molar-refractivity contribution in [2.45, 2.75) is 25.4 Å². The molecule has 1 heterocycles. The van der Waals surface area contributed by atoms with Crippen molar-refractivity contribution in [3.05, 3.63) is 48.0 Å². The number of rotatable bonds is 2. The van der Waals surface area contributed by atoms with Gasteiger partial charge >= 0.3 is 0 Å². The number of halogens is 1. The number of ether oxygens (including phenoxy) is 1. The number of carbonyl (C=O) groups is 1. The monoisotopic (exact) mass is 220 g/mol. The molecule has 0 amide bonds. The molecule has 84 valence electrons. The average molecular weight is 220 g/mol. The van der Waals surface area contributed by atoms with E-state index in [-0.39, 0.29) is 18.0 Å². The van der Waals surface area contributed by atoms with Crippen LogP contribution < -0.4 is 0 Å². The van der Waals surface area contributed by atoms with Gasteiger partial charge < -0.3 is 4.74 Å². The fourth-order valence-electron chi connectivity index (χ4n) is 1.98. The summed E-state index contributed by atoms with van der Waals surface area (Å²) in [5.41, 5.74) is 0.0150. The number of benzene rings is 1. The van der Waals surface area contributed by atoms with E-state index in [1.807, 2.05) is 6.92 Å². The van der Waals surface area contributed by atoms with Crippen molar-refractivity contribution in [2.24, 2.45) is 0 Å². The van der Waals surface area contributed by atoms with Crippen LogP contribution in [0.2, 0.25) is 0 Å². The molecule has 0 saturated carbocycles. The highest BCUT2D eigenvalue weighted by Gasteiger charge is 2.36. The number of carbonyl (C=O) groups excluding carboxylic acids is 1. The molecule has 2 nitrogen and oxygen atoms in total. The Hall–Kier alpha value is -1.64. The summed E-state index contributed by atoms with van der Waals surface area (Å²) in [4.78, 5) is 11.4. The maximum absolute atomic E-state index is 13.2. The molecule has 0 N–H and O–H groups in total. The molecule has 16 heavy (non-hydrogen) atoms. The predicted molar refractivity (Wildman–Crippen MR) is 58.2 cm³/mol. The summed E-state index contributed by atoms with van der Waals surface area (Å²) in [7, 11) is 0. The van der Waals surface area contributed by atoms with Crippen LogP contribution in [-0.4, -0.2) is 5.78 Å². The summed E-state index contributed by atoms with van der Waals surface area (Å²) in [6.07, 6.45) is 3.71. The summed E-state index contributed by atoms with van der Waals surface area (Å²) in [6, 6.07) is 6.23. The smallest absolute Gasteiger partial charge is 0.163 e. The van der Waals surface area contributed by atoms with Gasteiger partial charge in [-0.3, -0.25) is 4.79 Å². The normalized spacial score (nSPS) is 24.2. The summed E-state index contributed by atoms with van der Waals surface area (Å²) in [5, 5.41) is 0. The summed E-state index contributed by atoms with van der Waals surface area (Å²) < 4.78 is 18.7. The lowest BCUT2D eigenvalue weighted by Crippen LogP contribution is -2.32. The number of hydrogen-bond donors (Lipinski definition) is 0. The third-order valence-corrected chi connectivity index (χ3v) is 2.93. The minimum atomic E-state index is -0.700. The van der Waals surface area contributed by atoms with Crippen LogP contribution in [0.4, 0.5) is 4.39 Å². The van der Waals surface area contributed by atoms with Crippen LogP contribution in [0.1, 0.15) is 25.3 Å². The summed E-state index contributed by atoms with van der Waals surface area (Å²) >= 11 is 0. The molecule has 0 spiro atoms. The van der Waals surface area contributed by atoms with E-state index in [4.69, 9.17) is 4.74 Å². The van der Waals surface area contributed by atoms with Crippen molar-refractivity contribution in [1.82, 2.24) is 0 Å². The SMILES string of the molecule is CCC1(c2cccc(F)c2)CC(=O)C=CO1. The molecule has 1 aromatic rings. The average Bonchev–Trinajstić information content (AvgIpc) is 2.29. The fourth-order valence-corrected chi connectivity index (χ4v) is 1.98. The molecular formula is C13H13FO2. The molecule has 1 unspecified atom stereocenters. The van der Waals surface area contributed by atoms with E-state index in [9.17, 15) is 9.18 Å². The molecule has 0 fully saturated rings. The van der Waals surface area contributed by atoms with Crippen LogP contribution in [0.25, 0.3) is 0 Å². The first-order chi connectivity index (χ1) is 7.66. The molecule has 0 aromatic heterocycles. The molecule has 3 heteroatoms. The van der Waals surface area contributed by atoms with Gasteiger partial charge in [0.1, 0.15) is 11.4 Å². The van der Waals surface area contributed by atoms with E-state index in [2.05, 4.69) is 0 Å². The zero-order valence-corrected chi connectivity index (χ0v) is 9.07. The Balaban J connectivity index is 2.42. The Morgan fingerprint density at radius 2 is 2.31 bits per heavy atom. The van der Waals surface area contributed by atoms with Crippen molar-refractivity contribution < 1.29 is 13.9 Å². The number of ketones is 1. The summed E-state index contributed by atoms with van der Waals surface area (Å²) in [5.74, 6) is -0.298. The molecule has 2 rings (SSSR count). The third-order valence-electron chi connectivity index (χ3n) is 2.93. The Labute approximate surface area is 93.7 Å². The van der Waals surface area contributed by atoms with Crippen molar-refractivity contribution in [3.63, 3.8) is 0 Å². The lowest BCUT2D eigenvalue weighted by Gasteiger charge is -2.34. The van der Waals surface area contributed by atoms with E-state index < -0.39 is 5.60 Å². The van der Waals surface area contributed by atoms with E-state index >= 15 is 0 Å². The zero-order chi connectivity index (χ0) is 11.6. The van der Waals surface area contributed by atoms with Crippen LogP contribution in [0.5, 0.6) is 0 Å². The van der Waals surface area contributed by atoms with Crippen LogP contribution in [0.3, 0.4) is 0 Å². The van der Waals surface area contributed by atoms with E-state index in [1.165, 1.54) is 24.5 Å². The first-order valence-corrected chi connectivity index (χ1v) is 5.29. The molecule has 0 saturated heterocycles. The molecule has 0 bridgehead atoms. The highest BCUT2D eigenvalue weighted by atomic mass is 19.1. The van der Waals surface area contributed by atoms with Crippen molar-refractivity contribution in [2.75, 3.05) is 0 Å². The second-order valence-corrected chi connectivity index (χ2v) is 3.92. The van der Waals surface area contributed by atoms with Crippen LogP contribution >= 0.6 is 0 Å². The number of allylic oxidation sites excluding steroid dienone is 1. The summed E-state index contributed by atoms with van der Waals surface area (Å²) in [6.45, 7) is 1.93. The molecule has 0 radical (unpaired) electrons. The van der Waals surface area contributed by atoms with Gasteiger partial charge in [0.15, 0.2) is 5.78 Å². The first-order valence-electron chi connectivity index (χ1n) is 5.29. The molecule has 1 aliphatic rings. The highest BCUT2D eigenvalue weighted by Crippen LogP contribution is 2.36. The largest absolute Gasteiger partial charge is 0.490 e. The second-order valence-electron chi connectivity index (χ2n) is 3.92. The third kappa shape index (κ3) is 1.85. The van der Waals surface area contributed by atoms with Gasteiger partial charge in [0.25, 0.3) is 0 Å². The van der Waals surface area contributed by atoms with Gasteiger partial charge in [0.2, 0.25) is 0 Å². The van der Waals surface area contributed by atoms with Gasteiger partial charge in [0, 0.05) is 6.08 Å². The lowest BCUT2D eigenvalue weighted by molar-refractivity contribution is -0.123. The molecular weight excluding hydrogens is 207 g/mol. The van der Waals surface area contributed by atoms with Gasteiger partial charge in [-0.05, 0) is 24.1 Å². The quantitative estimate of drug-likeness (QED) is 0.766. The maximum Gasteiger partial charge on any atom is 0.163 e. The van der Waals surface area contributed by atoms with Gasteiger partial charge in [-0.1, -0.05) is 19.1 Å². The standard InChI is InChI=1S/C13H13FO2/c1-2-13(9-12(15)6-7-16-13)10-4-3-5-11(14)8-10/h3-8H,2,9H2,1H3. The molecule has 1 aliphatic heterocycles. The Kier molecular flexibility index (Phi) is 2.77. The maximum atomic E-state index is 13.2. The predicted octanol–water partition coefficient (Wildman–Crippen LogP) is 2.93. The highest BCUT2D eigenvalue weighted by molar-refractivity contribution is 5.91. The topological polar surface area (TPSA) is 26.3 Å². The molecule has 1 atom stereocenters. The van der Waals surface area contributed by atoms with E-state index in [0.29, 0.717) is 12.0 Å². The van der Waals surface area contributed by atoms with Crippen LogP contribution in [0.15, 0.2) is 36.6 Å². The van der Waals surface area contributed by atoms with Gasteiger partial charge in [-0.25, -0.2) is 4.39 Å². The van der Waals surface area contributed by atoms with Crippen LogP contribution in [0, 0.1) is 5.82 Å². The Morgan fingerprint density at radius 1 is 1.50 bits per heavy atom. The lowest BCUT2D eigenvalue weighted by atomic mass is 9.85. The van der Waals surface area contributed by atoms with Crippen molar-refractivity contribution in [3.8, 4) is 0 Å². The van der Waals surface area contributed by atoms with Crippen molar-refractivity contribution in [1.29, 1.82) is 0 Å².